The van der Waals surface area contributed by atoms with Gasteiger partial charge in [0, 0.05) is 22.3 Å². The number of ether oxygens (including phenoxy) is 1. The van der Waals surface area contributed by atoms with Gasteiger partial charge >= 0.3 is 0 Å². The maximum absolute atomic E-state index is 14.4. The first kappa shape index (κ1) is 19.4. The normalized spacial score (nSPS) is 10.2. The molecule has 0 amide bonds. The number of aliphatic hydroxyl groups excluding tert-OH is 1. The van der Waals surface area contributed by atoms with Crippen LogP contribution < -0.4 is 4.74 Å². The Morgan fingerprint density at radius 3 is 2.52 bits per heavy atom. The van der Waals surface area contributed by atoms with E-state index >= 15 is 0 Å². The van der Waals surface area contributed by atoms with Crippen LogP contribution in [-0.2, 0) is 0 Å². The lowest BCUT2D eigenvalue weighted by Crippen LogP contribution is -2.02. The van der Waals surface area contributed by atoms with E-state index < -0.39 is 5.82 Å². The minimum absolute atomic E-state index is 0.0645. The smallest absolute Gasteiger partial charge is 0.158 e. The lowest BCUT2D eigenvalue weighted by atomic mass is 10.1. The molecular weight excluding hydrogens is 433 g/mol. The second-order valence-electron chi connectivity index (χ2n) is 5.53. The zero-order valence-electron chi connectivity index (χ0n) is 14.0. The summed E-state index contributed by atoms with van der Waals surface area (Å²) in [5, 5.41) is 9.42. The molecule has 3 aromatic rings. The van der Waals surface area contributed by atoms with Crippen LogP contribution in [-0.4, -0.2) is 23.3 Å². The Balaban J connectivity index is 1.80. The first-order valence-electron chi connectivity index (χ1n) is 8.03. The quantitative estimate of drug-likeness (QED) is 0.569. The van der Waals surface area contributed by atoms with Crippen LogP contribution in [0.5, 0.6) is 5.75 Å². The summed E-state index contributed by atoms with van der Waals surface area (Å²) in [7, 11) is 0. The van der Waals surface area contributed by atoms with Gasteiger partial charge in [-0.1, -0.05) is 29.7 Å². The maximum atomic E-state index is 14.4. The molecule has 0 radical (unpaired) electrons. The van der Waals surface area contributed by atoms with Crippen LogP contribution in [0.15, 0.2) is 59.2 Å². The summed E-state index contributed by atoms with van der Waals surface area (Å²) < 4.78 is 20.4. The number of rotatable bonds is 4. The molecule has 0 fully saturated rings. The maximum Gasteiger partial charge on any atom is 0.158 e. The fraction of sp³-hybridized carbons (Fsp3) is 0.0952. The van der Waals surface area contributed by atoms with Crippen LogP contribution in [0.4, 0.5) is 4.39 Å². The highest BCUT2D eigenvalue weighted by molar-refractivity contribution is 9.10. The molecule has 0 atom stereocenters. The van der Waals surface area contributed by atoms with Gasteiger partial charge in [0.25, 0.3) is 0 Å². The highest BCUT2D eigenvalue weighted by Gasteiger charge is 2.06. The molecule has 1 N–H and O–H groups in total. The van der Waals surface area contributed by atoms with Gasteiger partial charge in [-0.15, -0.1) is 0 Å². The zero-order valence-corrected chi connectivity index (χ0v) is 16.4. The number of hydrogen-bond acceptors (Lipinski definition) is 3. The molecule has 0 spiro atoms. The molecule has 0 unspecified atom stereocenters. The van der Waals surface area contributed by atoms with E-state index in [0.717, 1.165) is 5.56 Å². The largest absolute Gasteiger partial charge is 0.490 e. The third-order valence-electron chi connectivity index (χ3n) is 3.62. The summed E-state index contributed by atoms with van der Waals surface area (Å²) in [6.45, 7) is 0.143. The van der Waals surface area contributed by atoms with Gasteiger partial charge in [-0.25, -0.2) is 9.37 Å². The Bertz CT molecular complexity index is 1010. The third kappa shape index (κ3) is 5.08. The van der Waals surface area contributed by atoms with Gasteiger partial charge in [0.05, 0.1) is 11.1 Å². The number of halogens is 3. The van der Waals surface area contributed by atoms with Crippen LogP contribution in [0.3, 0.4) is 0 Å². The fourth-order valence-corrected chi connectivity index (χ4v) is 2.93. The van der Waals surface area contributed by atoms with Crippen LogP contribution >= 0.6 is 27.5 Å². The number of aromatic nitrogens is 1. The Labute approximate surface area is 169 Å². The monoisotopic (exact) mass is 445 g/mol. The molecule has 1 heterocycles. The lowest BCUT2D eigenvalue weighted by molar-refractivity contribution is 0.200. The van der Waals surface area contributed by atoms with Gasteiger partial charge in [0.1, 0.15) is 18.1 Å². The average molecular weight is 447 g/mol. The lowest BCUT2D eigenvalue weighted by Gasteiger charge is -2.06. The SMILES string of the molecule is OCCOc1ccc(C#Cc2ncc(-c3ccc(Cl)cc3)cc2F)cc1Br. The van der Waals surface area contributed by atoms with E-state index in [1.54, 1.807) is 36.5 Å². The van der Waals surface area contributed by atoms with E-state index in [1.165, 1.54) is 6.07 Å². The highest BCUT2D eigenvalue weighted by Crippen LogP contribution is 2.26. The minimum Gasteiger partial charge on any atom is -0.490 e. The van der Waals surface area contributed by atoms with Crippen molar-refractivity contribution in [3.8, 4) is 28.7 Å². The zero-order chi connectivity index (χ0) is 19.2. The van der Waals surface area contributed by atoms with Crippen molar-refractivity contribution in [3.63, 3.8) is 0 Å². The summed E-state index contributed by atoms with van der Waals surface area (Å²) in [6, 6.07) is 13.8. The predicted molar refractivity (Wildman–Crippen MR) is 107 cm³/mol. The van der Waals surface area contributed by atoms with Crippen molar-refractivity contribution in [2.45, 2.75) is 0 Å². The van der Waals surface area contributed by atoms with Crippen molar-refractivity contribution in [3.05, 3.63) is 81.3 Å². The van der Waals surface area contributed by atoms with E-state index in [2.05, 4.69) is 32.8 Å². The van der Waals surface area contributed by atoms with Gasteiger partial charge in [0.15, 0.2) is 5.82 Å². The number of nitrogens with zero attached hydrogens (tertiary/aromatic N) is 1. The molecular formula is C21H14BrClFNO2. The summed E-state index contributed by atoms with van der Waals surface area (Å²) in [4.78, 5) is 4.13. The van der Waals surface area contributed by atoms with Gasteiger partial charge in [0.2, 0.25) is 0 Å². The molecule has 2 aromatic carbocycles. The molecule has 0 aliphatic carbocycles. The molecule has 6 heteroatoms. The summed E-state index contributed by atoms with van der Waals surface area (Å²) in [5.41, 5.74) is 2.24. The van der Waals surface area contributed by atoms with E-state index in [1.807, 2.05) is 12.1 Å². The minimum atomic E-state index is -0.489. The number of benzene rings is 2. The molecule has 27 heavy (non-hydrogen) atoms. The molecule has 3 nitrogen and oxygen atoms in total. The summed E-state index contributed by atoms with van der Waals surface area (Å²) >= 11 is 9.26. The van der Waals surface area contributed by atoms with Gasteiger partial charge in [-0.3, -0.25) is 0 Å². The second-order valence-corrected chi connectivity index (χ2v) is 6.82. The number of hydrogen-bond donors (Lipinski definition) is 1. The Morgan fingerprint density at radius 2 is 1.85 bits per heavy atom. The summed E-state index contributed by atoms with van der Waals surface area (Å²) in [5.74, 6) is 5.75. The standard InChI is InChI=1S/C21H14BrClFNO2/c22-18-11-14(2-8-21(18)27-10-9-26)1-7-20-19(24)12-16(13-25-20)15-3-5-17(23)6-4-15/h2-6,8,11-13,26H,9-10H2. The first-order chi connectivity index (χ1) is 13.1. The van der Waals surface area contributed by atoms with E-state index in [-0.39, 0.29) is 18.9 Å². The molecule has 136 valence electrons. The molecule has 0 bridgehead atoms. The summed E-state index contributed by atoms with van der Waals surface area (Å²) in [6.07, 6.45) is 1.58. The Kier molecular flexibility index (Phi) is 6.46. The van der Waals surface area contributed by atoms with Crippen molar-refractivity contribution < 1.29 is 14.2 Å². The van der Waals surface area contributed by atoms with E-state index in [9.17, 15) is 4.39 Å². The second kappa shape index (κ2) is 9.01. The van der Waals surface area contributed by atoms with Crippen LogP contribution in [0, 0.1) is 17.7 Å². The Morgan fingerprint density at radius 1 is 1.07 bits per heavy atom. The van der Waals surface area contributed by atoms with Crippen molar-refractivity contribution >= 4 is 27.5 Å². The average Bonchev–Trinajstić information content (AvgIpc) is 2.67. The third-order valence-corrected chi connectivity index (χ3v) is 4.50. The molecule has 1 aromatic heterocycles. The van der Waals surface area contributed by atoms with Gasteiger partial charge < -0.3 is 9.84 Å². The van der Waals surface area contributed by atoms with Gasteiger partial charge in [-0.2, -0.15) is 0 Å². The Hall–Kier alpha value is -2.39. The predicted octanol–water partition coefficient (Wildman–Crippen LogP) is 5.07. The van der Waals surface area contributed by atoms with Crippen molar-refractivity contribution in [1.82, 2.24) is 4.98 Å². The van der Waals surface area contributed by atoms with Crippen molar-refractivity contribution in [2.24, 2.45) is 0 Å². The fourth-order valence-electron chi connectivity index (χ4n) is 2.31. The van der Waals surface area contributed by atoms with Crippen molar-refractivity contribution in [1.29, 1.82) is 0 Å². The van der Waals surface area contributed by atoms with Crippen LogP contribution in [0.25, 0.3) is 11.1 Å². The first-order valence-corrected chi connectivity index (χ1v) is 9.20. The van der Waals surface area contributed by atoms with Gasteiger partial charge in [-0.05, 0) is 63.8 Å². The highest BCUT2D eigenvalue weighted by atomic mass is 79.9. The van der Waals surface area contributed by atoms with Crippen LogP contribution in [0.1, 0.15) is 11.3 Å². The molecule has 0 saturated carbocycles. The molecule has 0 aliphatic heterocycles. The number of pyridine rings is 1. The van der Waals surface area contributed by atoms with Crippen LogP contribution in [0.2, 0.25) is 5.02 Å². The van der Waals surface area contributed by atoms with E-state index in [0.29, 0.717) is 26.4 Å². The van der Waals surface area contributed by atoms with E-state index in [4.69, 9.17) is 21.4 Å². The number of aliphatic hydroxyl groups is 1. The van der Waals surface area contributed by atoms with Crippen molar-refractivity contribution in [2.75, 3.05) is 13.2 Å². The topological polar surface area (TPSA) is 42.4 Å². The molecule has 0 aliphatic rings. The molecule has 3 rings (SSSR count). The molecule has 0 saturated heterocycles.